The monoisotopic (exact) mass is 245 g/mol. The van der Waals surface area contributed by atoms with E-state index >= 15 is 0 Å². The predicted molar refractivity (Wildman–Crippen MR) is 58.9 cm³/mol. The van der Waals surface area contributed by atoms with Crippen LogP contribution in [0.2, 0.25) is 0 Å². The van der Waals surface area contributed by atoms with Crippen molar-refractivity contribution in [2.24, 2.45) is 0 Å². The number of benzene rings is 1. The van der Waals surface area contributed by atoms with Gasteiger partial charge in [-0.1, -0.05) is 26.0 Å². The number of rotatable bonds is 4. The minimum Gasteiger partial charge on any atom is -0.307 e. The van der Waals surface area contributed by atoms with Crippen molar-refractivity contribution >= 4 is 5.78 Å². The molecule has 0 aromatic heterocycles. The molecule has 0 aliphatic carbocycles. The Hall–Kier alpha value is -1.36. The average molecular weight is 245 g/mol. The third-order valence-electron chi connectivity index (χ3n) is 2.18. The summed E-state index contributed by atoms with van der Waals surface area (Å²) in [6.07, 6.45) is -4.41. The van der Waals surface area contributed by atoms with Crippen LogP contribution in [0.15, 0.2) is 24.3 Å². The number of Topliss-reactive ketones (excluding diaryl/α,β-unsaturated/α-hetero) is 1. The molecule has 0 unspecified atom stereocenters. The van der Waals surface area contributed by atoms with Crippen LogP contribution in [0.1, 0.15) is 29.8 Å². The second-order valence-corrected chi connectivity index (χ2v) is 4.04. The summed E-state index contributed by atoms with van der Waals surface area (Å²) in [5.41, 5.74) is -0.721. The summed E-state index contributed by atoms with van der Waals surface area (Å²) >= 11 is 0. The summed E-state index contributed by atoms with van der Waals surface area (Å²) in [6, 6.07) is 4.58. The van der Waals surface area contributed by atoms with E-state index in [9.17, 15) is 18.0 Å². The molecule has 1 N–H and O–H groups in total. The van der Waals surface area contributed by atoms with Crippen molar-refractivity contribution in [1.82, 2.24) is 5.32 Å². The third kappa shape index (κ3) is 4.19. The minimum absolute atomic E-state index is 0.0407. The van der Waals surface area contributed by atoms with Crippen LogP contribution in [-0.4, -0.2) is 18.4 Å². The van der Waals surface area contributed by atoms with Crippen LogP contribution in [0, 0.1) is 0 Å². The molecule has 0 saturated carbocycles. The van der Waals surface area contributed by atoms with Gasteiger partial charge in [-0.2, -0.15) is 13.2 Å². The molecule has 1 aromatic rings. The Balaban J connectivity index is 2.81. The summed E-state index contributed by atoms with van der Waals surface area (Å²) in [7, 11) is 0. The maximum Gasteiger partial charge on any atom is 0.416 e. The Morgan fingerprint density at radius 1 is 1.35 bits per heavy atom. The summed E-state index contributed by atoms with van der Waals surface area (Å²) in [5.74, 6) is -0.343. The molecule has 0 atom stereocenters. The highest BCUT2D eigenvalue weighted by Gasteiger charge is 2.30. The van der Waals surface area contributed by atoms with Crippen molar-refractivity contribution in [2.45, 2.75) is 26.1 Å². The van der Waals surface area contributed by atoms with Gasteiger partial charge < -0.3 is 5.32 Å². The van der Waals surface area contributed by atoms with Gasteiger partial charge in [0.1, 0.15) is 0 Å². The van der Waals surface area contributed by atoms with Gasteiger partial charge in [-0.3, -0.25) is 4.79 Å². The van der Waals surface area contributed by atoms with Crippen molar-refractivity contribution in [3.05, 3.63) is 35.4 Å². The molecule has 1 rings (SSSR count). The lowest BCUT2D eigenvalue weighted by Gasteiger charge is -2.09. The Labute approximate surface area is 97.8 Å². The summed E-state index contributed by atoms with van der Waals surface area (Å²) in [4.78, 5) is 11.6. The lowest BCUT2D eigenvalue weighted by molar-refractivity contribution is -0.137. The lowest BCUT2D eigenvalue weighted by atomic mass is 10.1. The number of carbonyl (C=O) groups excluding carboxylic acids is 1. The zero-order chi connectivity index (χ0) is 13.1. The minimum atomic E-state index is -4.41. The van der Waals surface area contributed by atoms with Crippen molar-refractivity contribution in [2.75, 3.05) is 6.54 Å². The maximum atomic E-state index is 12.4. The van der Waals surface area contributed by atoms with Gasteiger partial charge in [0.05, 0.1) is 12.1 Å². The topological polar surface area (TPSA) is 29.1 Å². The van der Waals surface area contributed by atoms with Gasteiger partial charge in [-0.15, -0.1) is 0 Å². The van der Waals surface area contributed by atoms with E-state index < -0.39 is 11.7 Å². The van der Waals surface area contributed by atoms with E-state index in [4.69, 9.17) is 0 Å². The Bertz CT molecular complexity index is 399. The van der Waals surface area contributed by atoms with Gasteiger partial charge >= 0.3 is 6.18 Å². The van der Waals surface area contributed by atoms with Gasteiger partial charge in [-0.25, -0.2) is 0 Å². The quantitative estimate of drug-likeness (QED) is 0.826. The smallest absolute Gasteiger partial charge is 0.307 e. The van der Waals surface area contributed by atoms with Crippen LogP contribution < -0.4 is 5.32 Å². The summed E-state index contributed by atoms with van der Waals surface area (Å²) < 4.78 is 37.3. The molecule has 0 saturated heterocycles. The molecule has 0 radical (unpaired) electrons. The second kappa shape index (κ2) is 5.31. The first-order valence-electron chi connectivity index (χ1n) is 5.24. The van der Waals surface area contributed by atoms with Crippen molar-refractivity contribution < 1.29 is 18.0 Å². The van der Waals surface area contributed by atoms with E-state index in [0.29, 0.717) is 0 Å². The molecule has 0 heterocycles. The molecule has 2 nitrogen and oxygen atoms in total. The van der Waals surface area contributed by atoms with E-state index in [0.717, 1.165) is 12.1 Å². The fraction of sp³-hybridized carbons (Fsp3) is 0.417. The molecule has 0 bridgehead atoms. The number of halogens is 3. The number of hydrogen-bond donors (Lipinski definition) is 1. The molecule has 94 valence electrons. The molecule has 17 heavy (non-hydrogen) atoms. The van der Waals surface area contributed by atoms with Crippen LogP contribution in [0.4, 0.5) is 13.2 Å². The first-order chi connectivity index (χ1) is 7.80. The van der Waals surface area contributed by atoms with Crippen LogP contribution in [0.25, 0.3) is 0 Å². The predicted octanol–water partition coefficient (Wildman–Crippen LogP) is 2.89. The number of ketones is 1. The van der Waals surface area contributed by atoms with Gasteiger partial charge in [0.25, 0.3) is 0 Å². The number of alkyl halides is 3. The molecule has 0 spiro atoms. The lowest BCUT2D eigenvalue weighted by Crippen LogP contribution is -2.29. The number of hydrogen-bond acceptors (Lipinski definition) is 2. The molecule has 0 aliphatic heterocycles. The summed E-state index contributed by atoms with van der Waals surface area (Å²) in [5, 5.41) is 2.87. The molecule has 0 aliphatic rings. The van der Waals surface area contributed by atoms with Crippen LogP contribution in [-0.2, 0) is 6.18 Å². The average Bonchev–Trinajstić information content (AvgIpc) is 2.25. The van der Waals surface area contributed by atoms with Crippen molar-refractivity contribution in [3.63, 3.8) is 0 Å². The number of carbonyl (C=O) groups is 1. The van der Waals surface area contributed by atoms with Gasteiger partial charge in [0, 0.05) is 11.6 Å². The van der Waals surface area contributed by atoms with E-state index in [1.807, 2.05) is 13.8 Å². The van der Waals surface area contributed by atoms with Gasteiger partial charge in [0.15, 0.2) is 5.78 Å². The van der Waals surface area contributed by atoms with Crippen molar-refractivity contribution in [1.29, 1.82) is 0 Å². The molecule has 1 aromatic carbocycles. The van der Waals surface area contributed by atoms with Gasteiger partial charge in [-0.05, 0) is 12.1 Å². The van der Waals surface area contributed by atoms with E-state index in [-0.39, 0.29) is 23.9 Å². The highest BCUT2D eigenvalue weighted by atomic mass is 19.4. The van der Waals surface area contributed by atoms with E-state index in [2.05, 4.69) is 5.32 Å². The van der Waals surface area contributed by atoms with Crippen molar-refractivity contribution in [3.8, 4) is 0 Å². The molecule has 0 fully saturated rings. The van der Waals surface area contributed by atoms with E-state index in [1.54, 1.807) is 0 Å². The SMILES string of the molecule is CC(C)NCC(=O)c1cccc(C(F)(F)F)c1. The van der Waals surface area contributed by atoms with Crippen LogP contribution in [0.5, 0.6) is 0 Å². The van der Waals surface area contributed by atoms with Crippen LogP contribution in [0.3, 0.4) is 0 Å². The Morgan fingerprint density at radius 2 is 2.00 bits per heavy atom. The first kappa shape index (κ1) is 13.7. The zero-order valence-corrected chi connectivity index (χ0v) is 9.64. The second-order valence-electron chi connectivity index (χ2n) is 4.04. The molecule has 5 heteroatoms. The standard InChI is InChI=1S/C12H14F3NO/c1-8(2)16-7-11(17)9-4-3-5-10(6-9)12(13,14)15/h3-6,8,16H,7H2,1-2H3. The maximum absolute atomic E-state index is 12.4. The van der Waals surface area contributed by atoms with Gasteiger partial charge in [0.2, 0.25) is 0 Å². The molecular weight excluding hydrogens is 231 g/mol. The highest BCUT2D eigenvalue weighted by molar-refractivity contribution is 5.97. The Morgan fingerprint density at radius 3 is 2.53 bits per heavy atom. The Kier molecular flexibility index (Phi) is 4.28. The normalized spacial score (nSPS) is 11.9. The largest absolute Gasteiger partial charge is 0.416 e. The molecule has 0 amide bonds. The fourth-order valence-electron chi connectivity index (χ4n) is 1.27. The zero-order valence-electron chi connectivity index (χ0n) is 9.64. The first-order valence-corrected chi connectivity index (χ1v) is 5.24. The molecular formula is C12H14F3NO. The van der Waals surface area contributed by atoms with E-state index in [1.165, 1.54) is 12.1 Å². The third-order valence-corrected chi connectivity index (χ3v) is 2.18. The highest BCUT2D eigenvalue weighted by Crippen LogP contribution is 2.29. The summed E-state index contributed by atoms with van der Waals surface area (Å²) in [6.45, 7) is 3.76. The number of nitrogens with one attached hydrogen (secondary N) is 1. The fourth-order valence-corrected chi connectivity index (χ4v) is 1.27. The van der Waals surface area contributed by atoms with Crippen LogP contribution >= 0.6 is 0 Å².